The molecule has 2 aromatic heterocycles. The molecule has 0 fully saturated rings. The van der Waals surface area contributed by atoms with E-state index in [0.29, 0.717) is 6.54 Å². The number of amides is 1. The molecule has 29 heavy (non-hydrogen) atoms. The summed E-state index contributed by atoms with van der Waals surface area (Å²) in [6.07, 6.45) is 1.75. The van der Waals surface area contributed by atoms with Crippen molar-refractivity contribution < 1.29 is 4.79 Å². The number of aryl methyl sites for hydroxylation is 2. The number of hydrogen-bond donors (Lipinski definition) is 1. The average Bonchev–Trinajstić information content (AvgIpc) is 3.35. The Bertz CT molecular complexity index is 1090. The molecule has 0 aliphatic heterocycles. The third-order valence-corrected chi connectivity index (χ3v) is 7.69. The number of hydrogen-bond acceptors (Lipinski definition) is 6. The third-order valence-electron chi connectivity index (χ3n) is 4.40. The quantitative estimate of drug-likeness (QED) is 0.282. The lowest BCUT2D eigenvalue weighted by Crippen LogP contribution is -2.25. The molecule has 2 heterocycles. The first-order valence-electron chi connectivity index (χ1n) is 9.44. The van der Waals surface area contributed by atoms with E-state index in [9.17, 15) is 4.79 Å². The van der Waals surface area contributed by atoms with Crippen LogP contribution in [0.25, 0.3) is 10.2 Å². The van der Waals surface area contributed by atoms with Gasteiger partial charge in [0.25, 0.3) is 5.91 Å². The SMILES string of the molecule is Cc1csc(SCc2ccccc2C(=O)NCCCc2nc3ccccc3s2)n1. The van der Waals surface area contributed by atoms with Gasteiger partial charge in [-0.3, -0.25) is 4.79 Å². The summed E-state index contributed by atoms with van der Waals surface area (Å²) < 4.78 is 2.25. The standard InChI is InChI=1S/C22H21N3OS3/c1-15-13-27-22(24-15)28-14-16-7-2-3-8-17(16)21(26)23-12-6-11-20-25-18-9-4-5-10-19(18)29-20/h2-5,7-10,13H,6,11-12,14H2,1H3,(H,23,26). The fraction of sp³-hybridized carbons (Fsp3) is 0.227. The second-order valence-corrected chi connectivity index (χ2v) is 9.83. The first kappa shape index (κ1) is 20.1. The number of aromatic nitrogens is 2. The number of carbonyl (C=O) groups excluding carboxylic acids is 1. The van der Waals surface area contributed by atoms with Gasteiger partial charge in [0.05, 0.1) is 15.2 Å². The second kappa shape index (κ2) is 9.52. The van der Waals surface area contributed by atoms with Crippen molar-refractivity contribution in [2.24, 2.45) is 0 Å². The lowest BCUT2D eigenvalue weighted by atomic mass is 10.1. The van der Waals surface area contributed by atoms with Gasteiger partial charge >= 0.3 is 0 Å². The molecule has 0 spiro atoms. The minimum Gasteiger partial charge on any atom is -0.352 e. The van der Waals surface area contributed by atoms with Gasteiger partial charge in [-0.15, -0.1) is 22.7 Å². The van der Waals surface area contributed by atoms with Crippen molar-refractivity contribution in [1.82, 2.24) is 15.3 Å². The highest BCUT2D eigenvalue weighted by molar-refractivity contribution is 8.00. The monoisotopic (exact) mass is 439 g/mol. The maximum absolute atomic E-state index is 12.7. The van der Waals surface area contributed by atoms with Crippen LogP contribution >= 0.6 is 34.4 Å². The summed E-state index contributed by atoms with van der Waals surface area (Å²) in [5.74, 6) is 0.725. The van der Waals surface area contributed by atoms with Crippen molar-refractivity contribution in [2.75, 3.05) is 6.54 Å². The molecule has 1 N–H and O–H groups in total. The van der Waals surface area contributed by atoms with Crippen molar-refractivity contribution in [1.29, 1.82) is 0 Å². The van der Waals surface area contributed by atoms with Gasteiger partial charge in [0, 0.05) is 35.4 Å². The Morgan fingerprint density at radius 1 is 1.10 bits per heavy atom. The number of benzene rings is 2. The normalized spacial score (nSPS) is 11.1. The maximum Gasteiger partial charge on any atom is 0.251 e. The van der Waals surface area contributed by atoms with Crippen LogP contribution in [-0.2, 0) is 12.2 Å². The number of fused-ring (bicyclic) bond motifs is 1. The van der Waals surface area contributed by atoms with Gasteiger partial charge < -0.3 is 5.32 Å². The molecule has 0 atom stereocenters. The number of carbonyl (C=O) groups is 1. The molecule has 7 heteroatoms. The summed E-state index contributed by atoms with van der Waals surface area (Å²) in [4.78, 5) is 21.8. The lowest BCUT2D eigenvalue weighted by Gasteiger charge is -2.09. The van der Waals surface area contributed by atoms with Gasteiger partial charge in [-0.2, -0.15) is 0 Å². The summed E-state index contributed by atoms with van der Waals surface area (Å²) in [7, 11) is 0. The van der Waals surface area contributed by atoms with Crippen LogP contribution in [0.1, 0.15) is 33.0 Å². The van der Waals surface area contributed by atoms with Crippen molar-refractivity contribution in [3.8, 4) is 0 Å². The van der Waals surface area contributed by atoms with Gasteiger partial charge in [-0.05, 0) is 37.1 Å². The number of nitrogens with zero attached hydrogens (tertiary/aromatic N) is 2. The molecular weight excluding hydrogens is 418 g/mol. The minimum absolute atomic E-state index is 0.0131. The number of para-hydroxylation sites is 1. The molecule has 4 rings (SSSR count). The zero-order valence-corrected chi connectivity index (χ0v) is 18.5. The molecule has 0 bridgehead atoms. The second-order valence-electron chi connectivity index (χ2n) is 6.64. The highest BCUT2D eigenvalue weighted by atomic mass is 32.2. The Hall–Kier alpha value is -2.22. The molecule has 0 aliphatic carbocycles. The van der Waals surface area contributed by atoms with E-state index in [4.69, 9.17) is 0 Å². The molecule has 148 valence electrons. The van der Waals surface area contributed by atoms with E-state index < -0.39 is 0 Å². The fourth-order valence-electron chi connectivity index (χ4n) is 2.97. The van der Waals surface area contributed by atoms with Gasteiger partial charge in [0.15, 0.2) is 0 Å². The van der Waals surface area contributed by atoms with E-state index in [0.717, 1.165) is 50.3 Å². The Labute approximate surface area is 182 Å². The number of thiazole rings is 2. The summed E-state index contributed by atoms with van der Waals surface area (Å²) >= 11 is 5.05. The fourth-order valence-corrected chi connectivity index (χ4v) is 5.83. The van der Waals surface area contributed by atoms with Crippen LogP contribution in [0.5, 0.6) is 0 Å². The van der Waals surface area contributed by atoms with Crippen LogP contribution in [-0.4, -0.2) is 22.4 Å². The Kier molecular flexibility index (Phi) is 6.59. The number of nitrogens with one attached hydrogen (secondary N) is 1. The maximum atomic E-state index is 12.7. The van der Waals surface area contributed by atoms with E-state index in [1.807, 2.05) is 54.8 Å². The predicted octanol–water partition coefficient (Wildman–Crippen LogP) is 5.72. The van der Waals surface area contributed by atoms with Gasteiger partial charge in [-0.1, -0.05) is 42.1 Å². The lowest BCUT2D eigenvalue weighted by molar-refractivity contribution is 0.0952. The van der Waals surface area contributed by atoms with Crippen LogP contribution < -0.4 is 5.32 Å². The number of thioether (sulfide) groups is 1. The van der Waals surface area contributed by atoms with Crippen molar-refractivity contribution in [3.05, 3.63) is 75.7 Å². The Balaban J connectivity index is 1.30. The van der Waals surface area contributed by atoms with E-state index in [1.165, 1.54) is 4.70 Å². The molecule has 0 saturated carbocycles. The highest BCUT2D eigenvalue weighted by Crippen LogP contribution is 2.27. The van der Waals surface area contributed by atoms with E-state index >= 15 is 0 Å². The van der Waals surface area contributed by atoms with E-state index in [2.05, 4.69) is 21.4 Å². The molecule has 1 amide bonds. The predicted molar refractivity (Wildman–Crippen MR) is 123 cm³/mol. The molecule has 0 saturated heterocycles. The highest BCUT2D eigenvalue weighted by Gasteiger charge is 2.12. The Morgan fingerprint density at radius 3 is 2.76 bits per heavy atom. The topological polar surface area (TPSA) is 54.9 Å². The largest absolute Gasteiger partial charge is 0.352 e. The summed E-state index contributed by atoms with van der Waals surface area (Å²) in [5, 5.41) is 6.23. The molecule has 4 nitrogen and oxygen atoms in total. The first-order valence-corrected chi connectivity index (χ1v) is 12.1. The summed E-state index contributed by atoms with van der Waals surface area (Å²) in [6, 6.07) is 16.0. The number of rotatable bonds is 8. The molecule has 4 aromatic rings. The van der Waals surface area contributed by atoms with E-state index in [-0.39, 0.29) is 5.91 Å². The molecular formula is C22H21N3OS3. The van der Waals surface area contributed by atoms with Gasteiger partial charge in [-0.25, -0.2) is 9.97 Å². The summed E-state index contributed by atoms with van der Waals surface area (Å²) in [5.41, 5.74) is 3.87. The summed E-state index contributed by atoms with van der Waals surface area (Å²) in [6.45, 7) is 2.64. The molecule has 0 radical (unpaired) electrons. The van der Waals surface area contributed by atoms with Crippen molar-refractivity contribution in [2.45, 2.75) is 29.9 Å². The van der Waals surface area contributed by atoms with Crippen molar-refractivity contribution in [3.63, 3.8) is 0 Å². The van der Waals surface area contributed by atoms with Gasteiger partial charge in [0.1, 0.15) is 4.34 Å². The smallest absolute Gasteiger partial charge is 0.251 e. The first-order chi connectivity index (χ1) is 14.2. The van der Waals surface area contributed by atoms with Crippen LogP contribution in [0.2, 0.25) is 0 Å². The third kappa shape index (κ3) is 5.23. The Morgan fingerprint density at radius 2 is 1.93 bits per heavy atom. The zero-order valence-electron chi connectivity index (χ0n) is 16.1. The molecule has 2 aromatic carbocycles. The van der Waals surface area contributed by atoms with Crippen LogP contribution in [0.3, 0.4) is 0 Å². The molecule has 0 aliphatic rings. The molecule has 0 unspecified atom stereocenters. The van der Waals surface area contributed by atoms with Crippen LogP contribution in [0, 0.1) is 6.92 Å². The van der Waals surface area contributed by atoms with Crippen LogP contribution in [0.15, 0.2) is 58.3 Å². The zero-order chi connectivity index (χ0) is 20.1. The average molecular weight is 440 g/mol. The minimum atomic E-state index is -0.0131. The van der Waals surface area contributed by atoms with Gasteiger partial charge in [0.2, 0.25) is 0 Å². The van der Waals surface area contributed by atoms with E-state index in [1.54, 1.807) is 34.4 Å². The van der Waals surface area contributed by atoms with Crippen molar-refractivity contribution >= 4 is 50.6 Å². The van der Waals surface area contributed by atoms with Crippen LogP contribution in [0.4, 0.5) is 0 Å².